The third-order valence-electron chi connectivity index (χ3n) is 2.94. The predicted molar refractivity (Wildman–Crippen MR) is 84.9 cm³/mol. The van der Waals surface area contributed by atoms with Crippen molar-refractivity contribution in [3.05, 3.63) is 54.1 Å². The minimum Gasteiger partial charge on any atom is -0.484 e. The molecule has 1 N–H and O–H groups in total. The van der Waals surface area contributed by atoms with Crippen LogP contribution in [0.1, 0.15) is 5.56 Å². The molecule has 116 valence electrons. The van der Waals surface area contributed by atoms with E-state index < -0.39 is 9.84 Å². The van der Waals surface area contributed by atoms with Crippen molar-refractivity contribution in [1.29, 1.82) is 0 Å². The van der Waals surface area contributed by atoms with Gasteiger partial charge in [-0.1, -0.05) is 23.8 Å². The highest BCUT2D eigenvalue weighted by Crippen LogP contribution is 2.15. The highest BCUT2D eigenvalue weighted by Gasteiger charge is 2.09. The number of sulfone groups is 1. The van der Waals surface area contributed by atoms with E-state index in [9.17, 15) is 13.2 Å². The second-order valence-electron chi connectivity index (χ2n) is 4.95. The summed E-state index contributed by atoms with van der Waals surface area (Å²) in [6, 6.07) is 13.4. The van der Waals surface area contributed by atoms with E-state index in [0.717, 1.165) is 11.8 Å². The molecular formula is C16H17NO4S. The van der Waals surface area contributed by atoms with E-state index in [1.807, 2.05) is 19.1 Å². The number of amides is 1. The van der Waals surface area contributed by atoms with Gasteiger partial charge in [0.1, 0.15) is 5.75 Å². The minimum atomic E-state index is -3.30. The zero-order valence-electron chi connectivity index (χ0n) is 12.4. The largest absolute Gasteiger partial charge is 0.484 e. The van der Waals surface area contributed by atoms with Crippen molar-refractivity contribution in [2.45, 2.75) is 11.8 Å². The lowest BCUT2D eigenvalue weighted by Crippen LogP contribution is -2.20. The van der Waals surface area contributed by atoms with Gasteiger partial charge in [-0.2, -0.15) is 0 Å². The highest BCUT2D eigenvalue weighted by molar-refractivity contribution is 7.90. The fourth-order valence-corrected chi connectivity index (χ4v) is 2.45. The predicted octanol–water partition coefficient (Wildman–Crippen LogP) is 2.42. The normalized spacial score (nSPS) is 11.0. The molecule has 2 aromatic rings. The van der Waals surface area contributed by atoms with Gasteiger partial charge in [0.05, 0.1) is 4.90 Å². The summed E-state index contributed by atoms with van der Waals surface area (Å²) in [5.74, 6) is 0.247. The monoisotopic (exact) mass is 319 g/mol. The molecule has 0 atom stereocenters. The average molecular weight is 319 g/mol. The maximum atomic E-state index is 11.8. The number of ether oxygens (including phenoxy) is 1. The molecule has 0 aromatic heterocycles. The van der Waals surface area contributed by atoms with Crippen LogP contribution < -0.4 is 10.1 Å². The van der Waals surface area contributed by atoms with Gasteiger partial charge in [0.25, 0.3) is 5.91 Å². The van der Waals surface area contributed by atoms with E-state index in [-0.39, 0.29) is 17.4 Å². The van der Waals surface area contributed by atoms with E-state index in [2.05, 4.69) is 5.32 Å². The molecule has 0 unspecified atom stereocenters. The highest BCUT2D eigenvalue weighted by atomic mass is 32.2. The summed E-state index contributed by atoms with van der Waals surface area (Å²) in [6.07, 6.45) is 1.12. The number of hydrogen-bond acceptors (Lipinski definition) is 4. The standard InChI is InChI=1S/C16H17NO4S/c1-12-6-8-14(9-7-12)21-11-16(18)17-13-4-3-5-15(10-13)22(2,19)20/h3-10H,11H2,1-2H3,(H,17,18). The maximum Gasteiger partial charge on any atom is 0.262 e. The van der Waals surface area contributed by atoms with Crippen LogP contribution in [0.5, 0.6) is 5.75 Å². The molecule has 0 aliphatic heterocycles. The molecule has 6 heteroatoms. The van der Waals surface area contributed by atoms with Gasteiger partial charge in [-0.3, -0.25) is 4.79 Å². The average Bonchev–Trinajstić information content (AvgIpc) is 2.46. The Balaban J connectivity index is 1.96. The fraction of sp³-hybridized carbons (Fsp3) is 0.188. The van der Waals surface area contributed by atoms with Gasteiger partial charge in [0.15, 0.2) is 16.4 Å². The first kappa shape index (κ1) is 16.0. The third-order valence-corrected chi connectivity index (χ3v) is 4.05. The Morgan fingerprint density at radius 3 is 2.45 bits per heavy atom. The molecule has 0 radical (unpaired) electrons. The van der Waals surface area contributed by atoms with Crippen LogP contribution in [-0.2, 0) is 14.6 Å². The summed E-state index contributed by atoms with van der Waals surface area (Å²) in [6.45, 7) is 1.82. The lowest BCUT2D eigenvalue weighted by atomic mass is 10.2. The van der Waals surface area contributed by atoms with E-state index in [0.29, 0.717) is 11.4 Å². The molecular weight excluding hydrogens is 302 g/mol. The molecule has 0 bridgehead atoms. The van der Waals surface area contributed by atoms with Crippen LogP contribution in [0.4, 0.5) is 5.69 Å². The summed E-state index contributed by atoms with van der Waals surface area (Å²) in [5.41, 5.74) is 1.52. The summed E-state index contributed by atoms with van der Waals surface area (Å²) in [7, 11) is -3.30. The smallest absolute Gasteiger partial charge is 0.262 e. The van der Waals surface area contributed by atoms with E-state index in [1.54, 1.807) is 24.3 Å². The summed E-state index contributed by atoms with van der Waals surface area (Å²) >= 11 is 0. The van der Waals surface area contributed by atoms with Crippen LogP contribution in [0.3, 0.4) is 0 Å². The molecule has 0 saturated heterocycles. The van der Waals surface area contributed by atoms with Crippen molar-refractivity contribution >= 4 is 21.4 Å². The van der Waals surface area contributed by atoms with Crippen LogP contribution in [0.2, 0.25) is 0 Å². The Hall–Kier alpha value is -2.34. The van der Waals surface area contributed by atoms with Crippen molar-refractivity contribution in [2.75, 3.05) is 18.2 Å². The van der Waals surface area contributed by atoms with Crippen molar-refractivity contribution in [3.63, 3.8) is 0 Å². The number of aryl methyl sites for hydroxylation is 1. The Kier molecular flexibility index (Phi) is 4.82. The van der Waals surface area contributed by atoms with Gasteiger partial charge in [-0.25, -0.2) is 8.42 Å². The molecule has 1 amide bonds. The van der Waals surface area contributed by atoms with Crippen LogP contribution >= 0.6 is 0 Å². The van der Waals surface area contributed by atoms with E-state index >= 15 is 0 Å². The van der Waals surface area contributed by atoms with Crippen molar-refractivity contribution in [3.8, 4) is 5.75 Å². The topological polar surface area (TPSA) is 72.5 Å². The number of hydrogen-bond donors (Lipinski definition) is 1. The second kappa shape index (κ2) is 6.62. The summed E-state index contributed by atoms with van der Waals surface area (Å²) in [5, 5.41) is 2.61. The number of rotatable bonds is 5. The van der Waals surface area contributed by atoms with Crippen molar-refractivity contribution in [2.24, 2.45) is 0 Å². The van der Waals surface area contributed by atoms with Gasteiger partial charge in [-0.15, -0.1) is 0 Å². The number of anilines is 1. The van der Waals surface area contributed by atoms with Gasteiger partial charge >= 0.3 is 0 Å². The van der Waals surface area contributed by atoms with Gasteiger partial charge in [-0.05, 0) is 37.3 Å². The molecule has 2 rings (SSSR count). The second-order valence-corrected chi connectivity index (χ2v) is 6.97. The lowest BCUT2D eigenvalue weighted by molar-refractivity contribution is -0.118. The van der Waals surface area contributed by atoms with E-state index in [1.165, 1.54) is 12.1 Å². The SMILES string of the molecule is Cc1ccc(OCC(=O)Nc2cccc(S(C)(=O)=O)c2)cc1. The van der Waals surface area contributed by atoms with Crippen LogP contribution in [0.25, 0.3) is 0 Å². The van der Waals surface area contributed by atoms with Gasteiger partial charge in [0.2, 0.25) is 0 Å². The summed E-state index contributed by atoms with van der Waals surface area (Å²) < 4.78 is 28.3. The quantitative estimate of drug-likeness (QED) is 0.918. The molecule has 0 saturated carbocycles. The Labute approximate surface area is 129 Å². The van der Waals surface area contributed by atoms with Crippen molar-refractivity contribution in [1.82, 2.24) is 0 Å². The van der Waals surface area contributed by atoms with Crippen molar-refractivity contribution < 1.29 is 17.9 Å². The number of carbonyl (C=O) groups excluding carboxylic acids is 1. The zero-order valence-corrected chi connectivity index (χ0v) is 13.2. The lowest BCUT2D eigenvalue weighted by Gasteiger charge is -2.08. The molecule has 0 aliphatic rings. The number of nitrogens with one attached hydrogen (secondary N) is 1. The number of carbonyl (C=O) groups is 1. The minimum absolute atomic E-state index is 0.147. The Morgan fingerprint density at radius 1 is 1.14 bits per heavy atom. The zero-order chi connectivity index (χ0) is 16.2. The van der Waals surface area contributed by atoms with Crippen LogP contribution in [-0.4, -0.2) is 27.2 Å². The van der Waals surface area contributed by atoms with Gasteiger partial charge in [0, 0.05) is 11.9 Å². The van der Waals surface area contributed by atoms with Gasteiger partial charge < -0.3 is 10.1 Å². The molecule has 0 aliphatic carbocycles. The molecule has 5 nitrogen and oxygen atoms in total. The molecule has 0 spiro atoms. The first-order chi connectivity index (χ1) is 10.3. The maximum absolute atomic E-state index is 11.8. The third kappa shape index (κ3) is 4.60. The molecule has 2 aromatic carbocycles. The summed E-state index contributed by atoms with van der Waals surface area (Å²) in [4.78, 5) is 12.0. The molecule has 0 heterocycles. The van der Waals surface area contributed by atoms with Crippen LogP contribution in [0, 0.1) is 6.92 Å². The first-order valence-corrected chi connectivity index (χ1v) is 8.53. The fourth-order valence-electron chi connectivity index (χ4n) is 1.78. The van der Waals surface area contributed by atoms with Crippen LogP contribution in [0.15, 0.2) is 53.4 Å². The molecule has 22 heavy (non-hydrogen) atoms. The Bertz CT molecular complexity index is 767. The number of benzene rings is 2. The Morgan fingerprint density at radius 2 is 1.82 bits per heavy atom. The first-order valence-electron chi connectivity index (χ1n) is 6.64. The van der Waals surface area contributed by atoms with E-state index in [4.69, 9.17) is 4.74 Å². The molecule has 0 fully saturated rings.